The maximum Gasteiger partial charge on any atom is 0.113 e. The Kier molecular flexibility index (Phi) is 3.76. The fourth-order valence-electron chi connectivity index (χ4n) is 0.854. The highest BCUT2D eigenvalue weighted by Crippen LogP contribution is 2.15. The van der Waals surface area contributed by atoms with Crippen molar-refractivity contribution in [2.24, 2.45) is 0 Å². The molecule has 0 N–H and O–H groups in total. The van der Waals surface area contributed by atoms with Crippen LogP contribution in [-0.2, 0) is 10.8 Å². The molecule has 3 heteroatoms. The Balaban J connectivity index is 2.79. The zero-order valence-corrected chi connectivity index (χ0v) is 8.44. The first-order valence-electron chi connectivity index (χ1n) is 3.85. The monoisotopic (exact) mass is 202 g/mol. The maximum atomic E-state index is 11.6. The van der Waals surface area contributed by atoms with Gasteiger partial charge in [0.2, 0.25) is 0 Å². The molecule has 0 bridgehead atoms. The molecule has 0 spiro atoms. The predicted octanol–water partition coefficient (Wildman–Crippen LogP) is 2.77. The van der Waals surface area contributed by atoms with E-state index in [-0.39, 0.29) is 4.71 Å². The molecule has 66 valence electrons. The van der Waals surface area contributed by atoms with Crippen molar-refractivity contribution >= 4 is 22.4 Å². The standard InChI is InChI=1S/C9H11ClOS/c1-2-9(10)12(11)8-6-4-3-5-7-8/h3-7,9H,2H2,1H3. The molecular formula is C9H11ClOS. The summed E-state index contributed by atoms with van der Waals surface area (Å²) in [5.74, 6) is 0. The SMILES string of the molecule is CCC(Cl)S(=O)c1ccccc1. The van der Waals surface area contributed by atoms with E-state index in [1.165, 1.54) is 0 Å². The molecule has 0 saturated heterocycles. The van der Waals surface area contributed by atoms with Crippen LogP contribution < -0.4 is 0 Å². The average Bonchev–Trinajstić information content (AvgIpc) is 2.17. The van der Waals surface area contributed by atoms with Crippen molar-refractivity contribution in [2.45, 2.75) is 22.9 Å². The van der Waals surface area contributed by atoms with Crippen molar-refractivity contribution in [1.29, 1.82) is 0 Å². The van der Waals surface area contributed by atoms with E-state index in [1.54, 1.807) is 0 Å². The molecule has 1 nitrogen and oxygen atoms in total. The molecule has 2 unspecified atom stereocenters. The summed E-state index contributed by atoms with van der Waals surface area (Å²) < 4.78 is 11.3. The third-order valence-corrected chi connectivity index (χ3v) is 3.86. The summed E-state index contributed by atoms with van der Waals surface area (Å²) in [5, 5.41) is 0. The van der Waals surface area contributed by atoms with Crippen LogP contribution in [0.1, 0.15) is 13.3 Å². The molecule has 0 heterocycles. The van der Waals surface area contributed by atoms with E-state index in [0.717, 1.165) is 11.3 Å². The molecule has 1 rings (SSSR count). The van der Waals surface area contributed by atoms with Gasteiger partial charge in [-0.2, -0.15) is 0 Å². The Morgan fingerprint density at radius 1 is 1.42 bits per heavy atom. The third-order valence-electron chi connectivity index (χ3n) is 1.53. The molecule has 0 aliphatic rings. The molecule has 12 heavy (non-hydrogen) atoms. The van der Waals surface area contributed by atoms with Gasteiger partial charge in [0, 0.05) is 4.90 Å². The lowest BCUT2D eigenvalue weighted by Crippen LogP contribution is -2.05. The number of hydrogen-bond acceptors (Lipinski definition) is 1. The molecule has 0 saturated carbocycles. The number of hydrogen-bond donors (Lipinski definition) is 0. The molecular weight excluding hydrogens is 192 g/mol. The molecule has 0 aliphatic carbocycles. The molecule has 1 aromatic carbocycles. The van der Waals surface area contributed by atoms with Crippen molar-refractivity contribution < 1.29 is 4.21 Å². The van der Waals surface area contributed by atoms with E-state index < -0.39 is 10.8 Å². The van der Waals surface area contributed by atoms with Crippen LogP contribution in [0, 0.1) is 0 Å². The zero-order chi connectivity index (χ0) is 8.97. The van der Waals surface area contributed by atoms with Gasteiger partial charge in [-0.25, -0.2) is 0 Å². The van der Waals surface area contributed by atoms with Crippen LogP contribution >= 0.6 is 11.6 Å². The smallest absolute Gasteiger partial charge is 0.113 e. The van der Waals surface area contributed by atoms with Gasteiger partial charge in [-0.15, -0.1) is 11.6 Å². The molecule has 1 aromatic rings. The Bertz CT molecular complexity index is 260. The van der Waals surface area contributed by atoms with E-state index >= 15 is 0 Å². The lowest BCUT2D eigenvalue weighted by molar-refractivity contribution is 0.679. The topological polar surface area (TPSA) is 17.1 Å². The van der Waals surface area contributed by atoms with Gasteiger partial charge in [0.1, 0.15) is 4.71 Å². The van der Waals surface area contributed by atoms with Crippen LogP contribution in [0.15, 0.2) is 35.2 Å². The van der Waals surface area contributed by atoms with Gasteiger partial charge in [-0.1, -0.05) is 25.1 Å². The molecule has 0 amide bonds. The highest BCUT2D eigenvalue weighted by Gasteiger charge is 2.11. The van der Waals surface area contributed by atoms with Crippen molar-refractivity contribution in [1.82, 2.24) is 0 Å². The minimum atomic E-state index is -1.06. The molecule has 0 aromatic heterocycles. The maximum absolute atomic E-state index is 11.6. The molecule has 0 aliphatic heterocycles. The minimum Gasteiger partial charge on any atom is -0.253 e. The van der Waals surface area contributed by atoms with E-state index in [1.807, 2.05) is 37.3 Å². The normalized spacial score (nSPS) is 15.5. The van der Waals surface area contributed by atoms with Gasteiger partial charge >= 0.3 is 0 Å². The summed E-state index contributed by atoms with van der Waals surface area (Å²) in [6, 6.07) is 9.30. The summed E-state index contributed by atoms with van der Waals surface area (Å²) >= 11 is 5.85. The molecule has 0 fully saturated rings. The number of benzene rings is 1. The quantitative estimate of drug-likeness (QED) is 0.689. The van der Waals surface area contributed by atoms with E-state index in [2.05, 4.69) is 0 Å². The largest absolute Gasteiger partial charge is 0.253 e. The van der Waals surface area contributed by atoms with Gasteiger partial charge in [-0.05, 0) is 18.6 Å². The van der Waals surface area contributed by atoms with Crippen LogP contribution in [0.4, 0.5) is 0 Å². The highest BCUT2D eigenvalue weighted by atomic mass is 35.5. The third kappa shape index (κ3) is 2.32. The molecule has 0 radical (unpaired) electrons. The van der Waals surface area contributed by atoms with Crippen molar-refractivity contribution in [3.63, 3.8) is 0 Å². The van der Waals surface area contributed by atoms with E-state index in [9.17, 15) is 4.21 Å². The lowest BCUT2D eigenvalue weighted by atomic mass is 10.4. The zero-order valence-electron chi connectivity index (χ0n) is 6.87. The summed E-state index contributed by atoms with van der Waals surface area (Å²) in [6.07, 6.45) is 0.725. The summed E-state index contributed by atoms with van der Waals surface area (Å²) in [7, 11) is -1.06. The molecule has 2 atom stereocenters. The van der Waals surface area contributed by atoms with E-state index in [0.29, 0.717) is 0 Å². The summed E-state index contributed by atoms with van der Waals surface area (Å²) in [5.41, 5.74) is 0. The first kappa shape index (κ1) is 9.75. The Hall–Kier alpha value is -0.340. The second-order valence-corrected chi connectivity index (χ2v) is 4.85. The summed E-state index contributed by atoms with van der Waals surface area (Å²) in [4.78, 5) is 0.805. The highest BCUT2D eigenvalue weighted by molar-refractivity contribution is 7.87. The van der Waals surface area contributed by atoms with Gasteiger partial charge in [-0.3, -0.25) is 4.21 Å². The Labute approximate surface area is 80.2 Å². The van der Waals surface area contributed by atoms with Crippen LogP contribution in [-0.4, -0.2) is 8.92 Å². The van der Waals surface area contributed by atoms with Crippen molar-refractivity contribution in [3.8, 4) is 0 Å². The van der Waals surface area contributed by atoms with Crippen LogP contribution in [0.5, 0.6) is 0 Å². The van der Waals surface area contributed by atoms with Crippen LogP contribution in [0.25, 0.3) is 0 Å². The van der Waals surface area contributed by atoms with Gasteiger partial charge in [0.05, 0.1) is 10.8 Å². The fraction of sp³-hybridized carbons (Fsp3) is 0.333. The fourth-order valence-corrected chi connectivity index (χ4v) is 2.19. The van der Waals surface area contributed by atoms with Gasteiger partial charge in [0.15, 0.2) is 0 Å². The van der Waals surface area contributed by atoms with Crippen molar-refractivity contribution in [2.75, 3.05) is 0 Å². The van der Waals surface area contributed by atoms with Crippen molar-refractivity contribution in [3.05, 3.63) is 30.3 Å². The summed E-state index contributed by atoms with van der Waals surface area (Å²) in [6.45, 7) is 1.93. The van der Waals surface area contributed by atoms with Gasteiger partial charge < -0.3 is 0 Å². The number of halogens is 1. The number of rotatable bonds is 3. The lowest BCUT2D eigenvalue weighted by Gasteiger charge is -2.05. The Morgan fingerprint density at radius 2 is 2.00 bits per heavy atom. The average molecular weight is 203 g/mol. The minimum absolute atomic E-state index is 0.271. The first-order chi connectivity index (χ1) is 5.75. The number of alkyl halides is 1. The second-order valence-electron chi connectivity index (χ2n) is 2.43. The van der Waals surface area contributed by atoms with Gasteiger partial charge in [0.25, 0.3) is 0 Å². The second kappa shape index (κ2) is 4.63. The van der Waals surface area contributed by atoms with Crippen LogP contribution in [0.2, 0.25) is 0 Å². The Morgan fingerprint density at radius 3 is 2.50 bits per heavy atom. The first-order valence-corrected chi connectivity index (χ1v) is 5.50. The van der Waals surface area contributed by atoms with Crippen LogP contribution in [0.3, 0.4) is 0 Å². The van der Waals surface area contributed by atoms with E-state index in [4.69, 9.17) is 11.6 Å². The predicted molar refractivity (Wildman–Crippen MR) is 52.8 cm³/mol.